The summed E-state index contributed by atoms with van der Waals surface area (Å²) in [5.74, 6) is -1.19. The van der Waals surface area contributed by atoms with E-state index in [2.05, 4.69) is 5.32 Å². The maximum absolute atomic E-state index is 13.9. The second kappa shape index (κ2) is 6.37. The van der Waals surface area contributed by atoms with Crippen molar-refractivity contribution in [2.75, 3.05) is 26.7 Å². The summed E-state index contributed by atoms with van der Waals surface area (Å²) in [6, 6.07) is 1.70. The molecule has 0 aromatic heterocycles. The van der Waals surface area contributed by atoms with Gasteiger partial charge >= 0.3 is 0 Å². The van der Waals surface area contributed by atoms with Gasteiger partial charge in [-0.05, 0) is 57.0 Å². The Balaban J connectivity index is 2.22. The number of hydrogen-bond acceptors (Lipinski definition) is 3. The number of hydrogen-bond donors (Lipinski definition) is 1. The van der Waals surface area contributed by atoms with Gasteiger partial charge in [-0.25, -0.2) is 17.2 Å². The van der Waals surface area contributed by atoms with E-state index in [0.29, 0.717) is 19.0 Å². The van der Waals surface area contributed by atoms with Crippen LogP contribution < -0.4 is 5.32 Å². The fourth-order valence-corrected chi connectivity index (χ4v) is 4.13. The number of rotatable bonds is 4. The van der Waals surface area contributed by atoms with Crippen LogP contribution in [0, 0.1) is 24.5 Å². The fraction of sp³-hybridized carbons (Fsp3) is 0.571. The highest BCUT2D eigenvalue weighted by Crippen LogP contribution is 2.26. The van der Waals surface area contributed by atoms with E-state index in [1.54, 1.807) is 0 Å². The molecule has 0 amide bonds. The Labute approximate surface area is 124 Å². The topological polar surface area (TPSA) is 49.4 Å². The average Bonchev–Trinajstić information content (AvgIpc) is 2.43. The predicted molar refractivity (Wildman–Crippen MR) is 76.5 cm³/mol. The predicted octanol–water partition coefficient (Wildman–Crippen LogP) is 1.89. The Morgan fingerprint density at radius 2 is 1.86 bits per heavy atom. The van der Waals surface area contributed by atoms with Crippen LogP contribution in [0.4, 0.5) is 8.78 Å². The summed E-state index contributed by atoms with van der Waals surface area (Å²) in [5.41, 5.74) is 0.0965. The van der Waals surface area contributed by atoms with Gasteiger partial charge in [0, 0.05) is 13.1 Å². The monoisotopic (exact) mass is 318 g/mol. The van der Waals surface area contributed by atoms with Crippen LogP contribution in [-0.2, 0) is 10.0 Å². The van der Waals surface area contributed by atoms with Crippen molar-refractivity contribution in [3.8, 4) is 0 Å². The van der Waals surface area contributed by atoms with Crippen LogP contribution in [0.3, 0.4) is 0 Å². The SMILES string of the molecule is CNCC1CCN(S(=O)(=O)c2cc(F)c(C)cc2F)CC1. The number of piperidine rings is 1. The second-order valence-corrected chi connectivity index (χ2v) is 7.34. The zero-order valence-corrected chi connectivity index (χ0v) is 13.0. The van der Waals surface area contributed by atoms with Crippen LogP contribution in [-0.4, -0.2) is 39.4 Å². The quantitative estimate of drug-likeness (QED) is 0.922. The summed E-state index contributed by atoms with van der Waals surface area (Å²) in [7, 11) is -2.12. The largest absolute Gasteiger partial charge is 0.319 e. The molecule has 0 unspecified atom stereocenters. The third-order valence-corrected chi connectivity index (χ3v) is 5.81. The Bertz CT molecular complexity index is 612. The van der Waals surface area contributed by atoms with Crippen LogP contribution in [0.15, 0.2) is 17.0 Å². The lowest BCUT2D eigenvalue weighted by Gasteiger charge is -2.31. The maximum Gasteiger partial charge on any atom is 0.246 e. The molecule has 1 aromatic carbocycles. The van der Waals surface area contributed by atoms with E-state index >= 15 is 0 Å². The molecule has 0 saturated carbocycles. The summed E-state index contributed by atoms with van der Waals surface area (Å²) in [5, 5.41) is 3.07. The summed E-state index contributed by atoms with van der Waals surface area (Å²) in [6.45, 7) is 2.91. The first-order valence-electron chi connectivity index (χ1n) is 6.96. The number of halogens is 2. The molecule has 0 radical (unpaired) electrons. The minimum atomic E-state index is -3.97. The summed E-state index contributed by atoms with van der Waals surface area (Å²) < 4.78 is 53.6. The molecule has 1 aliphatic heterocycles. The molecule has 0 bridgehead atoms. The lowest BCUT2D eigenvalue weighted by Crippen LogP contribution is -2.40. The Morgan fingerprint density at radius 3 is 2.43 bits per heavy atom. The van der Waals surface area contributed by atoms with E-state index in [1.165, 1.54) is 11.2 Å². The van der Waals surface area contributed by atoms with Gasteiger partial charge in [-0.3, -0.25) is 0 Å². The van der Waals surface area contributed by atoms with Gasteiger partial charge in [0.2, 0.25) is 10.0 Å². The fourth-order valence-electron chi connectivity index (χ4n) is 2.61. The number of sulfonamides is 1. The Kier molecular flexibility index (Phi) is 4.95. The molecular formula is C14H20F2N2O2S. The van der Waals surface area contributed by atoms with E-state index in [1.807, 2.05) is 7.05 Å². The molecule has 2 rings (SSSR count). The minimum absolute atomic E-state index is 0.0965. The number of nitrogens with zero attached hydrogens (tertiary/aromatic N) is 1. The molecule has 0 atom stereocenters. The molecule has 1 fully saturated rings. The molecule has 7 heteroatoms. The van der Waals surface area contributed by atoms with Crippen LogP contribution in [0.2, 0.25) is 0 Å². The van der Waals surface area contributed by atoms with Crippen molar-refractivity contribution < 1.29 is 17.2 Å². The summed E-state index contributed by atoms with van der Waals surface area (Å²) in [4.78, 5) is -0.572. The van der Waals surface area contributed by atoms with Gasteiger partial charge in [-0.15, -0.1) is 0 Å². The molecular weight excluding hydrogens is 298 g/mol. The molecule has 118 valence electrons. The molecule has 21 heavy (non-hydrogen) atoms. The van der Waals surface area contributed by atoms with Gasteiger partial charge in [-0.1, -0.05) is 0 Å². The lowest BCUT2D eigenvalue weighted by atomic mass is 9.98. The highest BCUT2D eigenvalue weighted by molar-refractivity contribution is 7.89. The van der Waals surface area contributed by atoms with Gasteiger partial charge in [0.15, 0.2) is 0 Å². The smallest absolute Gasteiger partial charge is 0.246 e. The first kappa shape index (κ1) is 16.3. The average molecular weight is 318 g/mol. The molecule has 1 saturated heterocycles. The lowest BCUT2D eigenvalue weighted by molar-refractivity contribution is 0.270. The first-order valence-corrected chi connectivity index (χ1v) is 8.40. The first-order chi connectivity index (χ1) is 9.86. The van der Waals surface area contributed by atoms with E-state index in [0.717, 1.165) is 31.5 Å². The van der Waals surface area contributed by atoms with Gasteiger partial charge in [0.25, 0.3) is 0 Å². The van der Waals surface area contributed by atoms with E-state index in [9.17, 15) is 17.2 Å². The maximum atomic E-state index is 13.9. The van der Waals surface area contributed by atoms with Crippen LogP contribution in [0.25, 0.3) is 0 Å². The normalized spacial score (nSPS) is 18.1. The zero-order chi connectivity index (χ0) is 15.6. The van der Waals surface area contributed by atoms with Crippen molar-refractivity contribution in [3.63, 3.8) is 0 Å². The molecule has 0 aliphatic carbocycles. The zero-order valence-electron chi connectivity index (χ0n) is 12.2. The highest BCUT2D eigenvalue weighted by Gasteiger charge is 2.31. The van der Waals surface area contributed by atoms with Gasteiger partial charge < -0.3 is 5.32 Å². The van der Waals surface area contributed by atoms with Crippen molar-refractivity contribution in [1.82, 2.24) is 9.62 Å². The molecule has 1 N–H and O–H groups in total. The Hall–Kier alpha value is -1.05. The van der Waals surface area contributed by atoms with Gasteiger partial charge in [-0.2, -0.15) is 4.31 Å². The molecule has 0 spiro atoms. The standard InChI is InChI=1S/C14H20F2N2O2S/c1-10-7-13(16)14(8-12(10)15)21(19,20)18-5-3-11(4-6-18)9-17-2/h7-8,11,17H,3-6,9H2,1-2H3. The van der Waals surface area contributed by atoms with Crippen molar-refractivity contribution in [1.29, 1.82) is 0 Å². The molecule has 4 nitrogen and oxygen atoms in total. The number of nitrogens with one attached hydrogen (secondary N) is 1. The van der Waals surface area contributed by atoms with Crippen LogP contribution in [0.1, 0.15) is 18.4 Å². The second-order valence-electron chi connectivity index (χ2n) is 5.44. The molecule has 1 heterocycles. The van der Waals surface area contributed by atoms with Crippen molar-refractivity contribution in [3.05, 3.63) is 29.3 Å². The van der Waals surface area contributed by atoms with E-state index in [4.69, 9.17) is 0 Å². The third kappa shape index (κ3) is 3.41. The highest BCUT2D eigenvalue weighted by atomic mass is 32.2. The van der Waals surface area contributed by atoms with E-state index in [-0.39, 0.29) is 5.56 Å². The minimum Gasteiger partial charge on any atom is -0.319 e. The Morgan fingerprint density at radius 1 is 1.24 bits per heavy atom. The van der Waals surface area contributed by atoms with Crippen LogP contribution in [0.5, 0.6) is 0 Å². The summed E-state index contributed by atoms with van der Waals surface area (Å²) in [6.07, 6.45) is 1.44. The van der Waals surface area contributed by atoms with Crippen molar-refractivity contribution in [2.24, 2.45) is 5.92 Å². The summed E-state index contributed by atoms with van der Waals surface area (Å²) >= 11 is 0. The van der Waals surface area contributed by atoms with Crippen molar-refractivity contribution >= 4 is 10.0 Å². The number of benzene rings is 1. The van der Waals surface area contributed by atoms with Crippen molar-refractivity contribution in [2.45, 2.75) is 24.7 Å². The van der Waals surface area contributed by atoms with E-state index < -0.39 is 26.6 Å². The van der Waals surface area contributed by atoms with Gasteiger partial charge in [0.05, 0.1) is 0 Å². The van der Waals surface area contributed by atoms with Gasteiger partial charge in [0.1, 0.15) is 16.5 Å². The molecule has 1 aromatic rings. The number of aryl methyl sites for hydroxylation is 1. The van der Waals surface area contributed by atoms with Crippen LogP contribution >= 0.6 is 0 Å². The molecule has 1 aliphatic rings. The third-order valence-electron chi connectivity index (χ3n) is 3.90.